The molecular formula is C15H30N2O3S. The first-order valence-corrected chi connectivity index (χ1v) is 9.80. The Morgan fingerprint density at radius 3 is 2.33 bits per heavy atom. The fraction of sp³-hybridized carbons (Fsp3) is 0.933. The number of hydrogen-bond acceptors (Lipinski definition) is 4. The second-order valence-corrected chi connectivity index (χ2v) is 9.49. The summed E-state index contributed by atoms with van der Waals surface area (Å²) < 4.78 is 22.7. The summed E-state index contributed by atoms with van der Waals surface area (Å²) >= 11 is 0. The van der Waals surface area contributed by atoms with Gasteiger partial charge in [0, 0.05) is 12.3 Å². The maximum atomic E-state index is 12.2. The minimum Gasteiger partial charge on any atom is -0.351 e. The lowest BCUT2D eigenvalue weighted by atomic mass is 9.75. The van der Waals surface area contributed by atoms with E-state index in [2.05, 4.69) is 31.4 Å². The molecule has 1 aliphatic rings. The Morgan fingerprint density at radius 1 is 1.33 bits per heavy atom. The van der Waals surface area contributed by atoms with E-state index in [1.165, 1.54) is 6.26 Å². The number of carbonyl (C=O) groups excluding carboxylic acids is 1. The van der Waals surface area contributed by atoms with Crippen LogP contribution in [-0.4, -0.2) is 45.0 Å². The number of piperidine rings is 1. The van der Waals surface area contributed by atoms with Gasteiger partial charge in [-0.2, -0.15) is 0 Å². The Labute approximate surface area is 129 Å². The highest BCUT2D eigenvalue weighted by Gasteiger charge is 2.32. The van der Waals surface area contributed by atoms with Gasteiger partial charge in [-0.05, 0) is 37.1 Å². The van der Waals surface area contributed by atoms with Crippen LogP contribution >= 0.6 is 0 Å². The van der Waals surface area contributed by atoms with Crippen molar-refractivity contribution in [1.29, 1.82) is 0 Å². The van der Waals surface area contributed by atoms with Crippen LogP contribution in [0.1, 0.15) is 47.0 Å². The van der Waals surface area contributed by atoms with Crippen LogP contribution in [0.15, 0.2) is 0 Å². The third-order valence-corrected chi connectivity index (χ3v) is 5.31. The maximum Gasteiger partial charge on any atom is 0.237 e. The first-order chi connectivity index (χ1) is 9.53. The van der Waals surface area contributed by atoms with Crippen molar-refractivity contribution in [2.45, 2.75) is 59.0 Å². The largest absolute Gasteiger partial charge is 0.351 e. The predicted octanol–water partition coefficient (Wildman–Crippen LogP) is 1.34. The molecule has 1 rings (SSSR count). The van der Waals surface area contributed by atoms with Crippen LogP contribution in [-0.2, 0) is 14.6 Å². The molecule has 2 N–H and O–H groups in total. The summed E-state index contributed by atoms with van der Waals surface area (Å²) in [7, 11) is -3.08. The smallest absolute Gasteiger partial charge is 0.237 e. The Balaban J connectivity index is 2.50. The molecule has 6 heteroatoms. The van der Waals surface area contributed by atoms with Gasteiger partial charge in [0.1, 0.15) is 9.84 Å². The lowest BCUT2D eigenvalue weighted by Crippen LogP contribution is -2.53. The lowest BCUT2D eigenvalue weighted by molar-refractivity contribution is -0.124. The van der Waals surface area contributed by atoms with Gasteiger partial charge in [0.15, 0.2) is 0 Å². The highest BCUT2D eigenvalue weighted by atomic mass is 32.2. The molecule has 1 fully saturated rings. The Bertz CT molecular complexity index is 446. The number of sulfone groups is 1. The standard InChI is InChI=1S/C15H30N2O3S/c1-6-12(10-21(5,19)20)17-14(18)13-8-7-11(9-16-13)15(2,3)4/h11-13,16H,6-10H2,1-5H3,(H,17,18). The highest BCUT2D eigenvalue weighted by molar-refractivity contribution is 7.90. The van der Waals surface area contributed by atoms with Gasteiger partial charge in [0.2, 0.25) is 5.91 Å². The molecule has 124 valence electrons. The molecular weight excluding hydrogens is 288 g/mol. The average Bonchev–Trinajstić information content (AvgIpc) is 2.35. The first-order valence-electron chi connectivity index (χ1n) is 7.74. The van der Waals surface area contributed by atoms with E-state index in [-0.39, 0.29) is 29.2 Å². The van der Waals surface area contributed by atoms with Gasteiger partial charge in [-0.15, -0.1) is 0 Å². The van der Waals surface area contributed by atoms with Crippen LogP contribution in [0.2, 0.25) is 0 Å². The molecule has 21 heavy (non-hydrogen) atoms. The molecule has 0 aromatic heterocycles. The third-order valence-electron chi connectivity index (χ3n) is 4.30. The number of hydrogen-bond donors (Lipinski definition) is 2. The van der Waals surface area contributed by atoms with Crippen LogP contribution in [0.5, 0.6) is 0 Å². The lowest BCUT2D eigenvalue weighted by Gasteiger charge is -2.37. The van der Waals surface area contributed by atoms with Crippen molar-refractivity contribution in [3.8, 4) is 0 Å². The van der Waals surface area contributed by atoms with Crippen molar-refractivity contribution < 1.29 is 13.2 Å². The van der Waals surface area contributed by atoms with Crippen LogP contribution in [0.3, 0.4) is 0 Å². The van der Waals surface area contributed by atoms with Crippen molar-refractivity contribution in [3.05, 3.63) is 0 Å². The molecule has 1 amide bonds. The number of carbonyl (C=O) groups is 1. The normalized spacial score (nSPS) is 25.4. The average molecular weight is 318 g/mol. The zero-order valence-corrected chi connectivity index (χ0v) is 14.7. The molecule has 1 aliphatic heterocycles. The van der Waals surface area contributed by atoms with Crippen molar-refractivity contribution >= 4 is 15.7 Å². The maximum absolute atomic E-state index is 12.2. The molecule has 0 saturated carbocycles. The quantitative estimate of drug-likeness (QED) is 0.802. The van der Waals surface area contributed by atoms with E-state index in [1.54, 1.807) is 0 Å². The third kappa shape index (κ3) is 6.34. The summed E-state index contributed by atoms with van der Waals surface area (Å²) in [5.41, 5.74) is 0.247. The fourth-order valence-electron chi connectivity index (χ4n) is 2.75. The van der Waals surface area contributed by atoms with E-state index in [4.69, 9.17) is 0 Å². The van der Waals surface area contributed by atoms with Gasteiger partial charge >= 0.3 is 0 Å². The van der Waals surface area contributed by atoms with E-state index >= 15 is 0 Å². The van der Waals surface area contributed by atoms with Crippen molar-refractivity contribution in [3.63, 3.8) is 0 Å². The Morgan fingerprint density at radius 2 is 1.95 bits per heavy atom. The number of nitrogens with one attached hydrogen (secondary N) is 2. The minimum absolute atomic E-state index is 0.00652. The summed E-state index contributed by atoms with van der Waals surface area (Å²) in [5, 5.41) is 6.17. The zero-order chi connectivity index (χ0) is 16.3. The topological polar surface area (TPSA) is 75.3 Å². The molecule has 0 spiro atoms. The van der Waals surface area contributed by atoms with E-state index < -0.39 is 9.84 Å². The predicted molar refractivity (Wildman–Crippen MR) is 85.9 cm³/mol. The van der Waals surface area contributed by atoms with Gasteiger partial charge in [-0.1, -0.05) is 27.7 Å². The molecule has 0 bridgehead atoms. The molecule has 1 heterocycles. The summed E-state index contributed by atoms with van der Waals surface area (Å²) in [6.45, 7) is 9.39. The second-order valence-electron chi connectivity index (χ2n) is 7.31. The monoisotopic (exact) mass is 318 g/mol. The Kier molecular flexibility index (Phi) is 6.23. The SMILES string of the molecule is CCC(CS(C)(=O)=O)NC(=O)C1CCC(C(C)(C)C)CN1. The molecule has 3 atom stereocenters. The first kappa shape index (κ1) is 18.4. The van der Waals surface area contributed by atoms with Gasteiger partial charge in [-0.25, -0.2) is 8.42 Å². The minimum atomic E-state index is -3.08. The van der Waals surface area contributed by atoms with Crippen LogP contribution in [0.25, 0.3) is 0 Å². The summed E-state index contributed by atoms with van der Waals surface area (Å²) in [6, 6.07) is -0.494. The van der Waals surface area contributed by atoms with E-state index in [1.807, 2.05) is 6.92 Å². The molecule has 0 aliphatic carbocycles. The van der Waals surface area contributed by atoms with Crippen molar-refractivity contribution in [2.75, 3.05) is 18.6 Å². The fourth-order valence-corrected chi connectivity index (χ4v) is 3.80. The summed E-state index contributed by atoms with van der Waals surface area (Å²) in [5.74, 6) is 0.504. The molecule has 0 aromatic carbocycles. The summed E-state index contributed by atoms with van der Waals surface area (Å²) in [4.78, 5) is 12.2. The number of amides is 1. The molecule has 1 saturated heterocycles. The van der Waals surface area contributed by atoms with E-state index in [0.717, 1.165) is 19.4 Å². The van der Waals surface area contributed by atoms with Crippen LogP contribution in [0.4, 0.5) is 0 Å². The van der Waals surface area contributed by atoms with Gasteiger partial charge in [-0.3, -0.25) is 4.79 Å². The summed E-state index contributed by atoms with van der Waals surface area (Å²) in [6.07, 6.45) is 3.66. The molecule has 5 nitrogen and oxygen atoms in total. The Hall–Kier alpha value is -0.620. The van der Waals surface area contributed by atoms with E-state index in [9.17, 15) is 13.2 Å². The van der Waals surface area contributed by atoms with E-state index in [0.29, 0.717) is 12.3 Å². The van der Waals surface area contributed by atoms with Gasteiger partial charge in [0.25, 0.3) is 0 Å². The second kappa shape index (κ2) is 7.09. The zero-order valence-electron chi connectivity index (χ0n) is 13.9. The van der Waals surface area contributed by atoms with Gasteiger partial charge < -0.3 is 10.6 Å². The molecule has 3 unspecified atom stereocenters. The van der Waals surface area contributed by atoms with Crippen LogP contribution < -0.4 is 10.6 Å². The number of rotatable bonds is 5. The highest BCUT2D eigenvalue weighted by Crippen LogP contribution is 2.31. The van der Waals surface area contributed by atoms with Gasteiger partial charge in [0.05, 0.1) is 11.8 Å². The molecule has 0 radical (unpaired) electrons. The molecule has 0 aromatic rings. The van der Waals surface area contributed by atoms with Crippen molar-refractivity contribution in [2.24, 2.45) is 11.3 Å². The van der Waals surface area contributed by atoms with Crippen molar-refractivity contribution in [1.82, 2.24) is 10.6 Å². The van der Waals surface area contributed by atoms with Crippen LogP contribution in [0, 0.1) is 11.3 Å².